The van der Waals surface area contributed by atoms with Gasteiger partial charge in [0.1, 0.15) is 4.99 Å². The predicted molar refractivity (Wildman–Crippen MR) is 60.1 cm³/mol. The second-order valence-corrected chi connectivity index (χ2v) is 3.60. The Morgan fingerprint density at radius 2 is 2.25 bits per heavy atom. The molecule has 0 bridgehead atoms. The van der Waals surface area contributed by atoms with E-state index in [9.17, 15) is 0 Å². The third kappa shape index (κ3) is 1.93. The molecule has 0 spiro atoms. The molecule has 0 saturated carbocycles. The van der Waals surface area contributed by atoms with Gasteiger partial charge in [-0.2, -0.15) is 0 Å². The van der Waals surface area contributed by atoms with Crippen molar-refractivity contribution in [1.29, 1.82) is 0 Å². The van der Waals surface area contributed by atoms with Crippen molar-refractivity contribution in [2.75, 3.05) is 0 Å². The first kappa shape index (κ1) is 9.42. The van der Waals surface area contributed by atoms with E-state index in [-0.39, 0.29) is 0 Å². The SMILES string of the molecule is C=Cc1cc(C(N)=S)ccc1Br. The first-order valence-corrected chi connectivity index (χ1v) is 4.57. The summed E-state index contributed by atoms with van der Waals surface area (Å²) in [5.74, 6) is 0. The molecule has 0 heterocycles. The topological polar surface area (TPSA) is 26.0 Å². The lowest BCUT2D eigenvalue weighted by Crippen LogP contribution is -2.09. The van der Waals surface area contributed by atoms with Gasteiger partial charge >= 0.3 is 0 Å². The molecule has 1 aromatic carbocycles. The third-order valence-electron chi connectivity index (χ3n) is 1.50. The van der Waals surface area contributed by atoms with Crippen LogP contribution < -0.4 is 5.73 Å². The summed E-state index contributed by atoms with van der Waals surface area (Å²) in [6, 6.07) is 5.68. The summed E-state index contributed by atoms with van der Waals surface area (Å²) in [5, 5.41) is 0. The normalized spacial score (nSPS) is 9.42. The van der Waals surface area contributed by atoms with Crippen molar-refractivity contribution in [2.45, 2.75) is 0 Å². The molecule has 12 heavy (non-hydrogen) atoms. The van der Waals surface area contributed by atoms with Gasteiger partial charge in [0.15, 0.2) is 0 Å². The summed E-state index contributed by atoms with van der Waals surface area (Å²) in [4.78, 5) is 0.408. The highest BCUT2D eigenvalue weighted by Crippen LogP contribution is 2.19. The first-order valence-electron chi connectivity index (χ1n) is 3.37. The molecule has 0 aliphatic heterocycles. The van der Waals surface area contributed by atoms with Crippen LogP contribution in [0.25, 0.3) is 6.08 Å². The fourth-order valence-electron chi connectivity index (χ4n) is 0.853. The monoisotopic (exact) mass is 241 g/mol. The van der Waals surface area contributed by atoms with E-state index >= 15 is 0 Å². The van der Waals surface area contributed by atoms with Gasteiger partial charge in [-0.3, -0.25) is 0 Å². The second kappa shape index (κ2) is 3.83. The molecule has 0 aromatic heterocycles. The van der Waals surface area contributed by atoms with Crippen LogP contribution >= 0.6 is 28.1 Å². The highest BCUT2D eigenvalue weighted by Gasteiger charge is 1.99. The van der Waals surface area contributed by atoms with E-state index in [0.717, 1.165) is 15.6 Å². The quantitative estimate of drug-likeness (QED) is 0.807. The van der Waals surface area contributed by atoms with Crippen LogP contribution in [0.1, 0.15) is 11.1 Å². The van der Waals surface area contributed by atoms with E-state index in [1.807, 2.05) is 18.2 Å². The number of halogens is 1. The smallest absolute Gasteiger partial charge is 0.104 e. The molecule has 0 atom stereocenters. The van der Waals surface area contributed by atoms with Crippen molar-refractivity contribution in [3.05, 3.63) is 40.4 Å². The molecule has 1 aromatic rings. The average molecular weight is 242 g/mol. The van der Waals surface area contributed by atoms with Crippen LogP contribution in [0, 0.1) is 0 Å². The number of hydrogen-bond donors (Lipinski definition) is 1. The summed E-state index contributed by atoms with van der Waals surface area (Å²) in [6.45, 7) is 3.68. The van der Waals surface area contributed by atoms with E-state index in [0.29, 0.717) is 4.99 Å². The van der Waals surface area contributed by atoms with Crippen molar-refractivity contribution in [2.24, 2.45) is 5.73 Å². The molecule has 1 nitrogen and oxygen atoms in total. The minimum atomic E-state index is 0.408. The van der Waals surface area contributed by atoms with Gasteiger partial charge in [0.05, 0.1) is 0 Å². The van der Waals surface area contributed by atoms with Crippen LogP contribution in [0.2, 0.25) is 0 Å². The summed E-state index contributed by atoms with van der Waals surface area (Å²) >= 11 is 8.23. The maximum absolute atomic E-state index is 5.47. The Balaban J connectivity index is 3.22. The second-order valence-electron chi connectivity index (χ2n) is 2.30. The number of benzene rings is 1. The average Bonchev–Trinajstić information content (AvgIpc) is 2.05. The summed E-state index contributed by atoms with van der Waals surface area (Å²) in [7, 11) is 0. The Labute approximate surface area is 85.4 Å². The van der Waals surface area contributed by atoms with E-state index in [1.54, 1.807) is 6.08 Å². The van der Waals surface area contributed by atoms with Crippen LogP contribution in [-0.2, 0) is 0 Å². The number of rotatable bonds is 2. The molecular weight excluding hydrogens is 234 g/mol. The van der Waals surface area contributed by atoms with Gasteiger partial charge in [-0.25, -0.2) is 0 Å². The Morgan fingerprint density at radius 3 is 2.75 bits per heavy atom. The van der Waals surface area contributed by atoms with Crippen LogP contribution in [-0.4, -0.2) is 4.99 Å². The highest BCUT2D eigenvalue weighted by molar-refractivity contribution is 9.10. The fourth-order valence-corrected chi connectivity index (χ4v) is 1.39. The van der Waals surface area contributed by atoms with Crippen LogP contribution in [0.15, 0.2) is 29.3 Å². The van der Waals surface area contributed by atoms with E-state index in [4.69, 9.17) is 18.0 Å². The van der Waals surface area contributed by atoms with E-state index in [1.165, 1.54) is 0 Å². The third-order valence-corrected chi connectivity index (χ3v) is 2.46. The largest absolute Gasteiger partial charge is 0.389 e. The molecule has 0 amide bonds. The van der Waals surface area contributed by atoms with Crippen LogP contribution in [0.4, 0.5) is 0 Å². The maximum Gasteiger partial charge on any atom is 0.104 e. The molecule has 0 unspecified atom stereocenters. The van der Waals surface area contributed by atoms with Gasteiger partial charge in [0, 0.05) is 10.0 Å². The van der Waals surface area contributed by atoms with Gasteiger partial charge in [-0.15, -0.1) is 0 Å². The minimum Gasteiger partial charge on any atom is -0.389 e. The molecule has 1 rings (SSSR count). The standard InChI is InChI=1S/C9H8BrNS/c1-2-6-5-7(9(11)12)3-4-8(6)10/h2-5H,1H2,(H2,11,12). The van der Waals surface area contributed by atoms with Gasteiger partial charge in [0.25, 0.3) is 0 Å². The molecular formula is C9H8BrNS. The van der Waals surface area contributed by atoms with Gasteiger partial charge in [0.2, 0.25) is 0 Å². The fraction of sp³-hybridized carbons (Fsp3) is 0. The lowest BCUT2D eigenvalue weighted by Gasteiger charge is -2.01. The summed E-state index contributed by atoms with van der Waals surface area (Å²) in [6.07, 6.45) is 1.76. The minimum absolute atomic E-state index is 0.408. The summed E-state index contributed by atoms with van der Waals surface area (Å²) in [5.41, 5.74) is 7.33. The Kier molecular flexibility index (Phi) is 3.00. The Morgan fingerprint density at radius 1 is 1.58 bits per heavy atom. The van der Waals surface area contributed by atoms with Crippen molar-refractivity contribution < 1.29 is 0 Å². The van der Waals surface area contributed by atoms with Gasteiger partial charge < -0.3 is 5.73 Å². The maximum atomic E-state index is 5.47. The zero-order valence-electron chi connectivity index (χ0n) is 6.38. The lowest BCUT2D eigenvalue weighted by atomic mass is 10.1. The highest BCUT2D eigenvalue weighted by atomic mass is 79.9. The van der Waals surface area contributed by atoms with E-state index < -0.39 is 0 Å². The molecule has 3 heteroatoms. The molecule has 0 saturated heterocycles. The number of thiocarbonyl (C=S) groups is 1. The Hall–Kier alpha value is -0.670. The zero-order valence-corrected chi connectivity index (χ0v) is 8.78. The van der Waals surface area contributed by atoms with Crippen molar-refractivity contribution >= 4 is 39.2 Å². The molecule has 0 radical (unpaired) electrons. The Bertz CT molecular complexity index is 333. The van der Waals surface area contributed by atoms with Crippen molar-refractivity contribution in [1.82, 2.24) is 0 Å². The van der Waals surface area contributed by atoms with Crippen LogP contribution in [0.3, 0.4) is 0 Å². The lowest BCUT2D eigenvalue weighted by molar-refractivity contribution is 1.56. The zero-order chi connectivity index (χ0) is 9.14. The predicted octanol–water partition coefficient (Wildman–Crippen LogP) is 2.73. The van der Waals surface area contributed by atoms with Crippen LogP contribution in [0.5, 0.6) is 0 Å². The van der Waals surface area contributed by atoms with Gasteiger partial charge in [-0.05, 0) is 17.7 Å². The molecule has 0 aliphatic rings. The summed E-state index contributed by atoms with van der Waals surface area (Å²) < 4.78 is 0.998. The van der Waals surface area contributed by atoms with Crippen molar-refractivity contribution in [3.8, 4) is 0 Å². The number of nitrogens with two attached hydrogens (primary N) is 1. The van der Waals surface area contributed by atoms with Gasteiger partial charge in [-0.1, -0.05) is 46.9 Å². The molecule has 0 aliphatic carbocycles. The molecule has 0 fully saturated rings. The van der Waals surface area contributed by atoms with Crippen molar-refractivity contribution in [3.63, 3.8) is 0 Å². The number of hydrogen-bond acceptors (Lipinski definition) is 1. The first-order chi connectivity index (χ1) is 5.65. The van der Waals surface area contributed by atoms with E-state index in [2.05, 4.69) is 22.5 Å². The molecule has 62 valence electrons. The molecule has 2 N–H and O–H groups in total.